The summed E-state index contributed by atoms with van der Waals surface area (Å²) in [5.74, 6) is 0.0720. The van der Waals surface area contributed by atoms with Gasteiger partial charge >= 0.3 is 0 Å². The number of phenolic OH excluding ortho intramolecular Hbond substituents is 1. The van der Waals surface area contributed by atoms with Crippen LogP contribution in [0.5, 0.6) is 5.75 Å². The molecule has 0 atom stereocenters. The normalized spacial score (nSPS) is 14.5. The van der Waals surface area contributed by atoms with Gasteiger partial charge in [0.2, 0.25) is 5.91 Å². The van der Waals surface area contributed by atoms with E-state index < -0.39 is 0 Å². The van der Waals surface area contributed by atoms with Crippen molar-refractivity contribution in [2.45, 2.75) is 6.42 Å². The third-order valence-corrected chi connectivity index (χ3v) is 1.75. The molecule has 0 spiro atoms. The first-order valence-corrected chi connectivity index (χ1v) is 3.66. The summed E-state index contributed by atoms with van der Waals surface area (Å²) in [4.78, 5) is 14.7. The Morgan fingerprint density at radius 1 is 1.42 bits per heavy atom. The van der Waals surface area contributed by atoms with Gasteiger partial charge in [-0.05, 0) is 18.2 Å². The molecule has 0 aromatic heterocycles. The zero-order chi connectivity index (χ0) is 8.55. The SMILES string of the molecule is O=C1CC=c2cc(O)ccc2=N1. The smallest absolute Gasteiger partial charge is 0.250 e. The van der Waals surface area contributed by atoms with Crippen LogP contribution in [0.1, 0.15) is 6.42 Å². The van der Waals surface area contributed by atoms with Crippen molar-refractivity contribution in [3.05, 3.63) is 28.8 Å². The second kappa shape index (κ2) is 2.44. The fraction of sp³-hybridized carbons (Fsp3) is 0.111. The maximum Gasteiger partial charge on any atom is 0.250 e. The molecule has 1 heterocycles. The number of hydrogen-bond acceptors (Lipinski definition) is 2. The minimum absolute atomic E-state index is 0.131. The van der Waals surface area contributed by atoms with Crippen LogP contribution in [0, 0.1) is 0 Å². The molecule has 12 heavy (non-hydrogen) atoms. The first-order valence-electron chi connectivity index (χ1n) is 3.66. The van der Waals surface area contributed by atoms with Gasteiger partial charge in [-0.15, -0.1) is 0 Å². The van der Waals surface area contributed by atoms with Crippen molar-refractivity contribution in [2.24, 2.45) is 4.99 Å². The van der Waals surface area contributed by atoms with E-state index in [1.807, 2.05) is 0 Å². The number of fused-ring (bicyclic) bond motifs is 1. The van der Waals surface area contributed by atoms with E-state index in [0.29, 0.717) is 11.8 Å². The number of carbonyl (C=O) groups excluding carboxylic acids is 1. The second-order valence-corrected chi connectivity index (χ2v) is 2.66. The maximum absolute atomic E-state index is 10.9. The van der Waals surface area contributed by atoms with E-state index in [0.717, 1.165) is 5.22 Å². The molecule has 1 aliphatic rings. The highest BCUT2D eigenvalue weighted by molar-refractivity contribution is 5.82. The molecule has 0 radical (unpaired) electrons. The van der Waals surface area contributed by atoms with Crippen molar-refractivity contribution in [1.29, 1.82) is 0 Å². The van der Waals surface area contributed by atoms with Gasteiger partial charge in [0.15, 0.2) is 0 Å². The summed E-state index contributed by atoms with van der Waals surface area (Å²) in [7, 11) is 0. The minimum Gasteiger partial charge on any atom is -0.508 e. The fourth-order valence-electron chi connectivity index (χ4n) is 1.18. The van der Waals surface area contributed by atoms with Gasteiger partial charge in [-0.25, -0.2) is 4.99 Å². The Bertz CT molecular complexity index is 448. The predicted molar refractivity (Wildman–Crippen MR) is 43.0 cm³/mol. The van der Waals surface area contributed by atoms with Crippen LogP contribution in [0.25, 0.3) is 6.08 Å². The highest BCUT2D eigenvalue weighted by Crippen LogP contribution is 2.00. The van der Waals surface area contributed by atoms with E-state index in [1.54, 1.807) is 18.2 Å². The summed E-state index contributed by atoms with van der Waals surface area (Å²) in [5.41, 5.74) is 0. The van der Waals surface area contributed by atoms with E-state index in [9.17, 15) is 4.79 Å². The number of aromatic hydroxyl groups is 1. The van der Waals surface area contributed by atoms with Gasteiger partial charge in [-0.3, -0.25) is 4.79 Å². The number of hydrogen-bond donors (Lipinski definition) is 1. The highest BCUT2D eigenvalue weighted by Gasteiger charge is 2.01. The number of benzene rings is 1. The molecule has 3 nitrogen and oxygen atoms in total. The van der Waals surface area contributed by atoms with Gasteiger partial charge in [0.1, 0.15) is 5.75 Å². The summed E-state index contributed by atoms with van der Waals surface area (Å²) in [6, 6.07) is 4.76. The first-order chi connectivity index (χ1) is 5.75. The lowest BCUT2D eigenvalue weighted by Gasteiger charge is -1.97. The molecule has 1 aliphatic heterocycles. The summed E-state index contributed by atoms with van der Waals surface area (Å²) < 4.78 is 0. The second-order valence-electron chi connectivity index (χ2n) is 2.66. The molecule has 60 valence electrons. The van der Waals surface area contributed by atoms with Gasteiger partial charge < -0.3 is 5.11 Å². The number of nitrogens with zero attached hydrogens (tertiary/aromatic N) is 1. The molecule has 0 fully saturated rings. The number of rotatable bonds is 0. The van der Waals surface area contributed by atoms with Crippen molar-refractivity contribution in [3.63, 3.8) is 0 Å². The summed E-state index contributed by atoms with van der Waals surface area (Å²) in [6.45, 7) is 0. The molecule has 3 heteroatoms. The number of phenols is 1. The molecule has 2 rings (SSSR count). The molecule has 1 aromatic carbocycles. The van der Waals surface area contributed by atoms with Crippen LogP contribution in [0.4, 0.5) is 0 Å². The van der Waals surface area contributed by atoms with Crippen molar-refractivity contribution < 1.29 is 9.90 Å². The Morgan fingerprint density at radius 2 is 2.25 bits per heavy atom. The van der Waals surface area contributed by atoms with E-state index in [1.165, 1.54) is 6.07 Å². The van der Waals surface area contributed by atoms with E-state index in [-0.39, 0.29) is 11.7 Å². The van der Waals surface area contributed by atoms with Gasteiger partial charge in [0.05, 0.1) is 5.36 Å². The standard InChI is InChI=1S/C9H7NO2/c11-7-2-3-8-6(5-7)1-4-9(12)10-8/h1-3,5,11H,4H2. The van der Waals surface area contributed by atoms with E-state index >= 15 is 0 Å². The quantitative estimate of drug-likeness (QED) is 0.569. The lowest BCUT2D eigenvalue weighted by Crippen LogP contribution is -2.28. The molecule has 0 saturated carbocycles. The molecule has 1 N–H and O–H groups in total. The van der Waals surface area contributed by atoms with Crippen LogP contribution in [-0.4, -0.2) is 11.0 Å². The van der Waals surface area contributed by atoms with Gasteiger partial charge in [0, 0.05) is 11.6 Å². The summed E-state index contributed by atoms with van der Waals surface area (Å²) in [5, 5.41) is 10.6. The Labute approximate surface area is 68.7 Å². The molecule has 1 aromatic rings. The third-order valence-electron chi connectivity index (χ3n) is 1.75. The fourth-order valence-corrected chi connectivity index (χ4v) is 1.18. The Hall–Kier alpha value is -1.64. The lowest BCUT2D eigenvalue weighted by atomic mass is 10.2. The Morgan fingerprint density at radius 3 is 3.08 bits per heavy atom. The minimum atomic E-state index is -0.131. The van der Waals surface area contributed by atoms with Crippen LogP contribution >= 0.6 is 0 Å². The predicted octanol–water partition coefficient (Wildman–Crippen LogP) is -0.277. The van der Waals surface area contributed by atoms with Crippen molar-refractivity contribution in [2.75, 3.05) is 0 Å². The molecule has 0 bridgehead atoms. The molecule has 0 saturated heterocycles. The maximum atomic E-state index is 10.9. The first kappa shape index (κ1) is 7.03. The Balaban J connectivity index is 2.79. The largest absolute Gasteiger partial charge is 0.508 e. The van der Waals surface area contributed by atoms with Crippen LogP contribution < -0.4 is 10.6 Å². The summed E-state index contributed by atoms with van der Waals surface area (Å²) >= 11 is 0. The lowest BCUT2D eigenvalue weighted by molar-refractivity contribution is -0.117. The topological polar surface area (TPSA) is 49.7 Å². The zero-order valence-electron chi connectivity index (χ0n) is 6.32. The highest BCUT2D eigenvalue weighted by atomic mass is 16.3. The summed E-state index contributed by atoms with van der Waals surface area (Å²) in [6.07, 6.45) is 2.10. The van der Waals surface area contributed by atoms with Crippen LogP contribution in [0.3, 0.4) is 0 Å². The average molecular weight is 161 g/mol. The van der Waals surface area contributed by atoms with Gasteiger partial charge in [0.25, 0.3) is 0 Å². The number of amides is 1. The van der Waals surface area contributed by atoms with Crippen LogP contribution in [-0.2, 0) is 4.79 Å². The van der Waals surface area contributed by atoms with Crippen molar-refractivity contribution >= 4 is 12.0 Å². The molecule has 1 amide bonds. The van der Waals surface area contributed by atoms with Gasteiger partial charge in [-0.2, -0.15) is 0 Å². The van der Waals surface area contributed by atoms with Crippen LogP contribution in [0.2, 0.25) is 0 Å². The van der Waals surface area contributed by atoms with Crippen molar-refractivity contribution in [3.8, 4) is 5.75 Å². The van der Waals surface area contributed by atoms with E-state index in [2.05, 4.69) is 4.99 Å². The molecule has 0 unspecified atom stereocenters. The molecular weight excluding hydrogens is 154 g/mol. The number of carbonyl (C=O) groups is 1. The molecule has 0 aliphatic carbocycles. The Kier molecular flexibility index (Phi) is 1.43. The monoisotopic (exact) mass is 161 g/mol. The van der Waals surface area contributed by atoms with Crippen molar-refractivity contribution in [1.82, 2.24) is 0 Å². The van der Waals surface area contributed by atoms with E-state index in [4.69, 9.17) is 5.11 Å². The van der Waals surface area contributed by atoms with Crippen LogP contribution in [0.15, 0.2) is 23.2 Å². The molecular formula is C9H7NO2. The zero-order valence-corrected chi connectivity index (χ0v) is 6.32. The average Bonchev–Trinajstić information content (AvgIpc) is 2.05. The van der Waals surface area contributed by atoms with Gasteiger partial charge in [-0.1, -0.05) is 6.08 Å². The third kappa shape index (κ3) is 1.09.